The second-order valence-electron chi connectivity index (χ2n) is 7.44. The van der Waals surface area contributed by atoms with Gasteiger partial charge in [0.05, 0.1) is 30.2 Å². The molecule has 30 heavy (non-hydrogen) atoms. The molecule has 2 aliphatic rings. The van der Waals surface area contributed by atoms with E-state index in [0.29, 0.717) is 29.1 Å². The molecule has 1 aromatic carbocycles. The van der Waals surface area contributed by atoms with Crippen molar-refractivity contribution >= 4 is 29.2 Å². The number of pyridine rings is 1. The van der Waals surface area contributed by atoms with Crippen LogP contribution >= 0.6 is 0 Å². The molecule has 3 N–H and O–H groups in total. The molecule has 8 heteroatoms. The Morgan fingerprint density at radius 3 is 2.53 bits per heavy atom. The monoisotopic (exact) mass is 407 g/mol. The average molecular weight is 407 g/mol. The highest BCUT2D eigenvalue weighted by Crippen LogP contribution is 2.48. The van der Waals surface area contributed by atoms with Gasteiger partial charge in [0.1, 0.15) is 5.75 Å². The van der Waals surface area contributed by atoms with Crippen molar-refractivity contribution in [2.24, 2.45) is 23.7 Å². The maximum absolute atomic E-state index is 12.8. The zero-order chi connectivity index (χ0) is 21.3. The van der Waals surface area contributed by atoms with Crippen LogP contribution < -0.4 is 15.4 Å². The first-order valence-electron chi connectivity index (χ1n) is 9.59. The number of nitrogens with zero attached hydrogens (tertiary/aromatic N) is 1. The minimum atomic E-state index is -0.946. The number of carbonyl (C=O) groups is 3. The van der Waals surface area contributed by atoms with Crippen LogP contribution in [0.2, 0.25) is 0 Å². The van der Waals surface area contributed by atoms with Crippen LogP contribution in [0.3, 0.4) is 0 Å². The SMILES string of the molecule is COc1cc(NC(=O)[C@H]2[C@H](C(=O)O)[C@H]3C=C[C@H]2C3)ccc1NC(=O)c1cccnc1. The number of carboxylic acids is 1. The van der Waals surface area contributed by atoms with Gasteiger partial charge in [-0.05, 0) is 42.5 Å². The lowest BCUT2D eigenvalue weighted by atomic mass is 9.82. The van der Waals surface area contributed by atoms with Crippen LogP contribution in [0.15, 0.2) is 54.9 Å². The van der Waals surface area contributed by atoms with Crippen LogP contribution in [0.4, 0.5) is 11.4 Å². The molecule has 2 bridgehead atoms. The van der Waals surface area contributed by atoms with Gasteiger partial charge in [-0.2, -0.15) is 0 Å². The number of rotatable bonds is 6. The largest absolute Gasteiger partial charge is 0.494 e. The highest BCUT2D eigenvalue weighted by molar-refractivity contribution is 6.05. The summed E-state index contributed by atoms with van der Waals surface area (Å²) in [4.78, 5) is 40.8. The number of aromatic nitrogens is 1. The quantitative estimate of drug-likeness (QED) is 0.634. The predicted molar refractivity (Wildman–Crippen MR) is 109 cm³/mol. The number of allylic oxidation sites excluding steroid dienone is 2. The number of benzene rings is 1. The van der Waals surface area contributed by atoms with Gasteiger partial charge >= 0.3 is 5.97 Å². The molecule has 0 spiro atoms. The van der Waals surface area contributed by atoms with E-state index in [1.807, 2.05) is 12.2 Å². The van der Waals surface area contributed by atoms with E-state index in [-0.39, 0.29) is 23.7 Å². The Kier molecular flexibility index (Phi) is 5.22. The smallest absolute Gasteiger partial charge is 0.307 e. The van der Waals surface area contributed by atoms with E-state index < -0.39 is 17.8 Å². The molecule has 0 aliphatic heterocycles. The number of ether oxygens (including phenoxy) is 1. The van der Waals surface area contributed by atoms with E-state index in [2.05, 4.69) is 15.6 Å². The molecule has 0 saturated heterocycles. The minimum Gasteiger partial charge on any atom is -0.494 e. The maximum atomic E-state index is 12.8. The average Bonchev–Trinajstić information content (AvgIpc) is 3.37. The molecular weight excluding hydrogens is 386 g/mol. The molecule has 154 valence electrons. The Balaban J connectivity index is 1.49. The lowest BCUT2D eigenvalue weighted by Gasteiger charge is -2.24. The summed E-state index contributed by atoms with van der Waals surface area (Å²) in [5, 5.41) is 15.1. The first kappa shape index (κ1) is 19.6. The Hall–Kier alpha value is -3.68. The summed E-state index contributed by atoms with van der Waals surface area (Å²) < 4.78 is 5.35. The van der Waals surface area contributed by atoms with E-state index >= 15 is 0 Å². The number of aliphatic carboxylic acids is 1. The molecule has 2 aliphatic carbocycles. The number of fused-ring (bicyclic) bond motifs is 2. The van der Waals surface area contributed by atoms with Gasteiger partial charge in [-0.3, -0.25) is 19.4 Å². The summed E-state index contributed by atoms with van der Waals surface area (Å²) >= 11 is 0. The molecule has 4 rings (SSSR count). The number of carbonyl (C=O) groups excluding carboxylic acids is 2. The molecule has 0 radical (unpaired) electrons. The highest BCUT2D eigenvalue weighted by atomic mass is 16.5. The van der Waals surface area contributed by atoms with Crippen molar-refractivity contribution < 1.29 is 24.2 Å². The molecule has 1 heterocycles. The third kappa shape index (κ3) is 3.63. The van der Waals surface area contributed by atoms with Gasteiger partial charge in [0.15, 0.2) is 0 Å². The van der Waals surface area contributed by atoms with E-state index in [1.165, 1.54) is 13.3 Å². The number of carboxylic acid groups (broad SMARTS) is 1. The summed E-state index contributed by atoms with van der Waals surface area (Å²) in [7, 11) is 1.46. The third-order valence-electron chi connectivity index (χ3n) is 5.69. The number of amides is 2. The minimum absolute atomic E-state index is 0.0592. The molecule has 1 fully saturated rings. The van der Waals surface area contributed by atoms with Gasteiger partial charge in [0.25, 0.3) is 5.91 Å². The van der Waals surface area contributed by atoms with Crippen LogP contribution in [-0.2, 0) is 9.59 Å². The molecule has 8 nitrogen and oxygen atoms in total. The van der Waals surface area contributed by atoms with Gasteiger partial charge in [-0.25, -0.2) is 0 Å². The predicted octanol–water partition coefficient (Wildman–Crippen LogP) is 2.80. The molecule has 4 atom stereocenters. The fraction of sp³-hybridized carbons (Fsp3) is 0.273. The van der Waals surface area contributed by atoms with E-state index in [4.69, 9.17) is 4.74 Å². The number of hydrogen-bond donors (Lipinski definition) is 3. The van der Waals surface area contributed by atoms with Gasteiger partial charge in [0.2, 0.25) is 5.91 Å². The number of anilines is 2. The van der Waals surface area contributed by atoms with Crippen LogP contribution in [0.5, 0.6) is 5.75 Å². The molecule has 1 saturated carbocycles. The lowest BCUT2D eigenvalue weighted by molar-refractivity contribution is -0.146. The van der Waals surface area contributed by atoms with Crippen LogP contribution in [-0.4, -0.2) is 35.0 Å². The number of hydrogen-bond acceptors (Lipinski definition) is 5. The normalized spacial score (nSPS) is 23.8. The van der Waals surface area contributed by atoms with Crippen molar-refractivity contribution in [2.45, 2.75) is 6.42 Å². The van der Waals surface area contributed by atoms with Crippen molar-refractivity contribution in [2.75, 3.05) is 17.7 Å². The third-order valence-corrected chi connectivity index (χ3v) is 5.69. The maximum Gasteiger partial charge on any atom is 0.307 e. The van der Waals surface area contributed by atoms with Crippen molar-refractivity contribution in [3.05, 3.63) is 60.4 Å². The van der Waals surface area contributed by atoms with Gasteiger partial charge in [-0.15, -0.1) is 0 Å². The van der Waals surface area contributed by atoms with Crippen LogP contribution in [0.1, 0.15) is 16.8 Å². The van der Waals surface area contributed by atoms with Crippen molar-refractivity contribution in [1.29, 1.82) is 0 Å². The Labute approximate surface area is 173 Å². The summed E-state index contributed by atoms with van der Waals surface area (Å²) in [5.74, 6) is -2.71. The first-order chi connectivity index (χ1) is 14.5. The van der Waals surface area contributed by atoms with Crippen molar-refractivity contribution in [1.82, 2.24) is 4.98 Å². The Morgan fingerprint density at radius 1 is 1.10 bits per heavy atom. The van der Waals surface area contributed by atoms with Crippen molar-refractivity contribution in [3.8, 4) is 5.75 Å². The van der Waals surface area contributed by atoms with Gasteiger partial charge < -0.3 is 20.5 Å². The highest BCUT2D eigenvalue weighted by Gasteiger charge is 2.51. The lowest BCUT2D eigenvalue weighted by Crippen LogP contribution is -2.36. The topological polar surface area (TPSA) is 118 Å². The Morgan fingerprint density at radius 2 is 1.87 bits per heavy atom. The van der Waals surface area contributed by atoms with Crippen LogP contribution in [0.25, 0.3) is 0 Å². The van der Waals surface area contributed by atoms with Gasteiger partial charge in [0, 0.05) is 24.1 Å². The Bertz CT molecular complexity index is 1020. The van der Waals surface area contributed by atoms with E-state index in [0.717, 1.165) is 0 Å². The molecule has 0 unspecified atom stereocenters. The molecule has 2 aromatic rings. The fourth-order valence-electron chi connectivity index (χ4n) is 4.31. The molecule has 2 amide bonds. The summed E-state index contributed by atoms with van der Waals surface area (Å²) in [6.45, 7) is 0. The fourth-order valence-corrected chi connectivity index (χ4v) is 4.31. The standard InChI is InChI=1S/C22H21N3O5/c1-30-17-10-15(6-7-16(17)25-20(26)14-3-2-8-23-11-14)24-21(27)18-12-4-5-13(9-12)19(18)22(28)29/h2-8,10-13,18-19H,9H2,1H3,(H,24,27)(H,25,26)(H,28,29)/t12-,13-,18+,19+/m0/s1. The zero-order valence-electron chi connectivity index (χ0n) is 16.2. The molecule has 1 aromatic heterocycles. The van der Waals surface area contributed by atoms with E-state index in [1.54, 1.807) is 36.5 Å². The summed E-state index contributed by atoms with van der Waals surface area (Å²) in [6, 6.07) is 8.16. The second-order valence-corrected chi connectivity index (χ2v) is 7.44. The van der Waals surface area contributed by atoms with Crippen molar-refractivity contribution in [3.63, 3.8) is 0 Å². The van der Waals surface area contributed by atoms with Gasteiger partial charge in [-0.1, -0.05) is 12.2 Å². The number of methoxy groups -OCH3 is 1. The first-order valence-corrected chi connectivity index (χ1v) is 9.59. The molecular formula is C22H21N3O5. The summed E-state index contributed by atoms with van der Waals surface area (Å²) in [6.07, 6.45) is 7.56. The zero-order valence-corrected chi connectivity index (χ0v) is 16.2. The summed E-state index contributed by atoms with van der Waals surface area (Å²) in [5.41, 5.74) is 1.31. The van der Waals surface area contributed by atoms with Crippen LogP contribution in [0, 0.1) is 23.7 Å². The van der Waals surface area contributed by atoms with E-state index in [9.17, 15) is 19.5 Å². The number of nitrogens with one attached hydrogen (secondary N) is 2. The second kappa shape index (κ2) is 7.98.